The molecule has 1 atom stereocenters. The molecule has 16 heavy (non-hydrogen) atoms. The Hall–Kier alpha value is -1.75. The lowest BCUT2D eigenvalue weighted by Gasteiger charge is -2.11. The average molecular weight is 225 g/mol. The van der Waals surface area contributed by atoms with Crippen molar-refractivity contribution in [2.45, 2.75) is 6.42 Å². The number of hydrogen-bond acceptors (Lipinski definition) is 4. The molecule has 0 fully saturated rings. The van der Waals surface area contributed by atoms with Crippen LogP contribution in [0, 0.1) is 5.92 Å². The van der Waals surface area contributed by atoms with Gasteiger partial charge in [0.2, 0.25) is 0 Å². The first-order valence-corrected chi connectivity index (χ1v) is 4.87. The van der Waals surface area contributed by atoms with E-state index in [1.807, 2.05) is 0 Å². The van der Waals surface area contributed by atoms with E-state index in [-0.39, 0.29) is 12.3 Å². The topological polar surface area (TPSA) is 92.8 Å². The number of hydrogen-bond donors (Lipinski definition) is 3. The highest BCUT2D eigenvalue weighted by atomic mass is 16.5. The highest BCUT2D eigenvalue weighted by Gasteiger charge is 2.16. The van der Waals surface area contributed by atoms with Gasteiger partial charge in [-0.25, -0.2) is 0 Å². The molecule has 4 N–H and O–H groups in total. The summed E-state index contributed by atoms with van der Waals surface area (Å²) < 4.78 is 4.93. The van der Waals surface area contributed by atoms with Gasteiger partial charge in [0, 0.05) is 6.54 Å². The van der Waals surface area contributed by atoms with Crippen LogP contribution in [0.4, 0.5) is 0 Å². The normalized spacial score (nSPS) is 12.1. The summed E-state index contributed by atoms with van der Waals surface area (Å²) in [5.41, 5.74) is 6.13. The van der Waals surface area contributed by atoms with Gasteiger partial charge >= 0.3 is 5.97 Å². The van der Waals surface area contributed by atoms with Crippen LogP contribution in [-0.4, -0.2) is 29.8 Å². The fourth-order valence-corrected chi connectivity index (χ4v) is 1.40. The van der Waals surface area contributed by atoms with Crippen molar-refractivity contribution in [3.05, 3.63) is 23.8 Å². The van der Waals surface area contributed by atoms with Crippen molar-refractivity contribution in [3.63, 3.8) is 0 Å². The molecule has 0 spiro atoms. The van der Waals surface area contributed by atoms with E-state index in [9.17, 15) is 9.90 Å². The number of ether oxygens (including phenoxy) is 1. The summed E-state index contributed by atoms with van der Waals surface area (Å²) in [5, 5.41) is 18.2. The molecule has 0 heterocycles. The Bertz CT molecular complexity index is 378. The number of methoxy groups -OCH3 is 1. The summed E-state index contributed by atoms with van der Waals surface area (Å²) in [6.45, 7) is 0.0819. The first-order valence-electron chi connectivity index (χ1n) is 4.87. The first kappa shape index (κ1) is 12.3. The van der Waals surface area contributed by atoms with E-state index in [1.165, 1.54) is 13.2 Å². The highest BCUT2D eigenvalue weighted by molar-refractivity contribution is 5.70. The Labute approximate surface area is 93.5 Å². The summed E-state index contributed by atoms with van der Waals surface area (Å²) >= 11 is 0. The second kappa shape index (κ2) is 5.37. The molecule has 88 valence electrons. The Morgan fingerprint density at radius 1 is 1.56 bits per heavy atom. The molecule has 0 saturated heterocycles. The zero-order valence-electron chi connectivity index (χ0n) is 9.01. The number of carbonyl (C=O) groups is 1. The number of aromatic hydroxyl groups is 1. The number of phenolic OH excluding ortho intramolecular Hbond substituents is 1. The number of aliphatic carboxylic acids is 1. The number of carboxylic acids is 1. The lowest BCUT2D eigenvalue weighted by Crippen LogP contribution is -2.25. The summed E-state index contributed by atoms with van der Waals surface area (Å²) in [4.78, 5) is 10.8. The third kappa shape index (κ3) is 2.87. The predicted molar refractivity (Wildman–Crippen MR) is 58.5 cm³/mol. The number of benzene rings is 1. The maximum Gasteiger partial charge on any atom is 0.308 e. The van der Waals surface area contributed by atoms with E-state index in [1.54, 1.807) is 12.1 Å². The van der Waals surface area contributed by atoms with Gasteiger partial charge in [0.15, 0.2) is 11.5 Å². The molecule has 0 aliphatic carbocycles. The molecule has 5 nitrogen and oxygen atoms in total. The fourth-order valence-electron chi connectivity index (χ4n) is 1.40. The summed E-state index contributed by atoms with van der Waals surface area (Å²) in [7, 11) is 1.44. The van der Waals surface area contributed by atoms with Crippen molar-refractivity contribution >= 4 is 5.97 Å². The van der Waals surface area contributed by atoms with Crippen molar-refractivity contribution in [2.24, 2.45) is 11.7 Å². The van der Waals surface area contributed by atoms with Crippen LogP contribution in [0.25, 0.3) is 0 Å². The molecule has 1 rings (SSSR count). The molecule has 0 aromatic heterocycles. The second-order valence-corrected chi connectivity index (χ2v) is 3.48. The van der Waals surface area contributed by atoms with E-state index >= 15 is 0 Å². The SMILES string of the molecule is COc1cc(CC(CN)C(=O)O)ccc1O. The Kier molecular flexibility index (Phi) is 4.13. The maximum absolute atomic E-state index is 10.8. The van der Waals surface area contributed by atoms with Crippen molar-refractivity contribution in [2.75, 3.05) is 13.7 Å². The molecule has 0 aliphatic rings. The van der Waals surface area contributed by atoms with Gasteiger partial charge in [-0.2, -0.15) is 0 Å². The third-order valence-corrected chi connectivity index (χ3v) is 2.36. The van der Waals surface area contributed by atoms with Gasteiger partial charge in [-0.05, 0) is 24.1 Å². The molecule has 1 unspecified atom stereocenters. The van der Waals surface area contributed by atoms with Gasteiger partial charge in [-0.1, -0.05) is 6.07 Å². The Morgan fingerprint density at radius 2 is 2.25 bits per heavy atom. The van der Waals surface area contributed by atoms with Crippen molar-refractivity contribution in [3.8, 4) is 11.5 Å². The summed E-state index contributed by atoms with van der Waals surface area (Å²) in [6, 6.07) is 4.74. The van der Waals surface area contributed by atoms with Crippen LogP contribution in [0.1, 0.15) is 5.56 Å². The first-order chi connectivity index (χ1) is 7.58. The number of nitrogens with two attached hydrogens (primary N) is 1. The second-order valence-electron chi connectivity index (χ2n) is 3.48. The average Bonchev–Trinajstić information content (AvgIpc) is 2.27. The third-order valence-electron chi connectivity index (χ3n) is 2.36. The lowest BCUT2D eigenvalue weighted by atomic mass is 9.99. The number of rotatable bonds is 5. The molecule has 1 aromatic carbocycles. The van der Waals surface area contributed by atoms with Gasteiger partial charge < -0.3 is 20.7 Å². The Morgan fingerprint density at radius 3 is 2.75 bits per heavy atom. The van der Waals surface area contributed by atoms with Crippen molar-refractivity contribution < 1.29 is 19.7 Å². The molecule has 0 saturated carbocycles. The van der Waals surface area contributed by atoms with Crippen molar-refractivity contribution in [1.29, 1.82) is 0 Å². The van der Waals surface area contributed by atoms with Gasteiger partial charge in [-0.3, -0.25) is 4.79 Å². The standard InChI is InChI=1S/C11H15NO4/c1-16-10-5-7(2-3-9(10)13)4-8(6-12)11(14)15/h2-3,5,8,13H,4,6,12H2,1H3,(H,14,15). The molecule has 0 radical (unpaired) electrons. The van der Waals surface area contributed by atoms with E-state index in [0.29, 0.717) is 12.2 Å². The zero-order chi connectivity index (χ0) is 12.1. The number of phenols is 1. The molecular formula is C11H15NO4. The van der Waals surface area contributed by atoms with Gasteiger partial charge in [0.05, 0.1) is 13.0 Å². The van der Waals surface area contributed by atoms with Crippen LogP contribution < -0.4 is 10.5 Å². The molecule has 0 bridgehead atoms. The summed E-state index contributed by atoms with van der Waals surface area (Å²) in [6.07, 6.45) is 0.322. The van der Waals surface area contributed by atoms with Crippen LogP contribution in [-0.2, 0) is 11.2 Å². The van der Waals surface area contributed by atoms with Gasteiger partial charge in [0.1, 0.15) is 0 Å². The Balaban J connectivity index is 2.84. The van der Waals surface area contributed by atoms with E-state index in [4.69, 9.17) is 15.6 Å². The van der Waals surface area contributed by atoms with E-state index in [2.05, 4.69) is 0 Å². The molecule has 0 amide bonds. The van der Waals surface area contributed by atoms with Crippen LogP contribution in [0.15, 0.2) is 18.2 Å². The van der Waals surface area contributed by atoms with Crippen LogP contribution in [0.2, 0.25) is 0 Å². The molecular weight excluding hydrogens is 210 g/mol. The minimum Gasteiger partial charge on any atom is -0.504 e. The maximum atomic E-state index is 10.8. The highest BCUT2D eigenvalue weighted by Crippen LogP contribution is 2.27. The van der Waals surface area contributed by atoms with Crippen LogP contribution in [0.3, 0.4) is 0 Å². The smallest absolute Gasteiger partial charge is 0.308 e. The summed E-state index contributed by atoms with van der Waals surface area (Å²) in [5.74, 6) is -1.17. The zero-order valence-corrected chi connectivity index (χ0v) is 9.01. The minimum atomic E-state index is -0.922. The fraction of sp³-hybridized carbons (Fsp3) is 0.364. The number of carboxylic acid groups (broad SMARTS) is 1. The molecule has 0 aliphatic heterocycles. The van der Waals surface area contributed by atoms with E-state index < -0.39 is 11.9 Å². The van der Waals surface area contributed by atoms with Crippen LogP contribution >= 0.6 is 0 Å². The quantitative estimate of drug-likeness (QED) is 0.682. The van der Waals surface area contributed by atoms with Crippen molar-refractivity contribution in [1.82, 2.24) is 0 Å². The van der Waals surface area contributed by atoms with Gasteiger partial charge in [0.25, 0.3) is 0 Å². The van der Waals surface area contributed by atoms with E-state index in [0.717, 1.165) is 5.56 Å². The molecule has 1 aromatic rings. The minimum absolute atomic E-state index is 0.0332. The largest absolute Gasteiger partial charge is 0.504 e. The molecule has 5 heteroatoms. The lowest BCUT2D eigenvalue weighted by molar-refractivity contribution is -0.141. The predicted octanol–water partition coefficient (Wildman–Crippen LogP) is 0.603. The monoisotopic (exact) mass is 225 g/mol. The van der Waals surface area contributed by atoms with Crippen LogP contribution in [0.5, 0.6) is 11.5 Å². The van der Waals surface area contributed by atoms with Gasteiger partial charge in [-0.15, -0.1) is 0 Å².